The number of benzene rings is 1. The summed E-state index contributed by atoms with van der Waals surface area (Å²) in [5, 5.41) is 9.71. The number of carbonyl (C=O) groups excluding carboxylic acids is 1. The molecule has 1 aromatic heterocycles. The molecule has 0 saturated carbocycles. The number of ether oxygens (including phenoxy) is 1. The van der Waals surface area contributed by atoms with Crippen LogP contribution in [0.2, 0.25) is 0 Å². The molecule has 2 aromatic rings. The van der Waals surface area contributed by atoms with Crippen molar-refractivity contribution in [1.82, 2.24) is 9.55 Å². The Hall–Kier alpha value is -2.35. The third-order valence-corrected chi connectivity index (χ3v) is 4.00. The molecule has 0 bridgehead atoms. The second kappa shape index (κ2) is 6.18. The van der Waals surface area contributed by atoms with Gasteiger partial charge in [-0.15, -0.1) is 0 Å². The Morgan fingerprint density at radius 3 is 2.77 bits per heavy atom. The van der Waals surface area contributed by atoms with Crippen LogP contribution in [0.1, 0.15) is 10.4 Å². The largest absolute Gasteiger partial charge is 0.507 e. The molecule has 22 heavy (non-hydrogen) atoms. The number of phenolic OH excluding ortho intramolecular Hbond substituents is 1. The number of aromatic hydroxyl groups is 1. The maximum Gasteiger partial charge on any atom is 0.341 e. The molecule has 1 N–H and O–H groups in total. The zero-order valence-corrected chi connectivity index (χ0v) is 13.0. The number of imidazole rings is 1. The van der Waals surface area contributed by atoms with Crippen molar-refractivity contribution in [2.24, 2.45) is 0 Å². The number of methoxy groups -OCH3 is 1. The van der Waals surface area contributed by atoms with E-state index in [-0.39, 0.29) is 23.6 Å². The van der Waals surface area contributed by atoms with Gasteiger partial charge in [0.2, 0.25) is 0 Å². The number of hydrogen-bond donors (Lipinski definition) is 1. The Labute approximate surface area is 128 Å². The van der Waals surface area contributed by atoms with E-state index in [0.29, 0.717) is 11.4 Å². The monoisotopic (exact) mass is 324 g/mol. The number of hydrogen-bond acceptors (Lipinski definition) is 6. The lowest BCUT2D eigenvalue weighted by molar-refractivity contribution is 0.0597. The van der Waals surface area contributed by atoms with Gasteiger partial charge < -0.3 is 14.4 Å². The molecule has 0 spiro atoms. The van der Waals surface area contributed by atoms with Crippen LogP contribution in [-0.2, 0) is 21.1 Å². The Kier molecular flexibility index (Phi) is 4.51. The second-order valence-electron chi connectivity index (χ2n) is 4.80. The fourth-order valence-corrected chi connectivity index (χ4v) is 2.49. The molecular formula is C14H16N2O5S. The fraction of sp³-hybridized carbons (Fsp3) is 0.286. The molecule has 7 nitrogen and oxygen atoms in total. The highest BCUT2D eigenvalue weighted by molar-refractivity contribution is 7.90. The molecule has 0 fully saturated rings. The normalized spacial score (nSPS) is 11.4. The van der Waals surface area contributed by atoms with Crippen LogP contribution in [0.3, 0.4) is 0 Å². The standard InChI is InChI=1S/C14H16N2O5S/c1-21-14(18)11-9-10(3-4-12(11)17)13-15-5-6-16(13)7-8-22(2,19)20/h3-6,9,17H,7-8H2,1-2H3. The van der Waals surface area contributed by atoms with Gasteiger partial charge in [0, 0.05) is 30.8 Å². The molecule has 0 radical (unpaired) electrons. The first-order valence-corrected chi connectivity index (χ1v) is 8.48. The summed E-state index contributed by atoms with van der Waals surface area (Å²) in [6.07, 6.45) is 4.37. The van der Waals surface area contributed by atoms with E-state index in [1.54, 1.807) is 23.0 Å². The van der Waals surface area contributed by atoms with E-state index in [0.717, 1.165) is 0 Å². The quantitative estimate of drug-likeness (QED) is 0.827. The molecule has 1 heterocycles. The number of aromatic nitrogens is 2. The molecule has 0 unspecified atom stereocenters. The van der Waals surface area contributed by atoms with Crippen molar-refractivity contribution in [2.45, 2.75) is 6.54 Å². The summed E-state index contributed by atoms with van der Waals surface area (Å²) in [5.74, 6) is -0.356. The summed E-state index contributed by atoms with van der Waals surface area (Å²) in [4.78, 5) is 15.8. The molecule has 8 heteroatoms. The SMILES string of the molecule is COC(=O)c1cc(-c2nccn2CCS(C)(=O)=O)ccc1O. The molecule has 118 valence electrons. The zero-order valence-electron chi connectivity index (χ0n) is 12.2. The van der Waals surface area contributed by atoms with Crippen molar-refractivity contribution in [3.05, 3.63) is 36.2 Å². The summed E-state index contributed by atoms with van der Waals surface area (Å²) in [6, 6.07) is 4.43. The molecule has 0 saturated heterocycles. The predicted molar refractivity (Wildman–Crippen MR) is 80.4 cm³/mol. The highest BCUT2D eigenvalue weighted by Crippen LogP contribution is 2.25. The van der Waals surface area contributed by atoms with Crippen LogP contribution in [0.15, 0.2) is 30.6 Å². The van der Waals surface area contributed by atoms with E-state index < -0.39 is 15.8 Å². The fourth-order valence-electron chi connectivity index (χ4n) is 1.96. The number of esters is 1. The first kappa shape index (κ1) is 16.0. The van der Waals surface area contributed by atoms with Gasteiger partial charge in [-0.2, -0.15) is 0 Å². The van der Waals surface area contributed by atoms with Gasteiger partial charge in [0.05, 0.1) is 12.9 Å². The van der Waals surface area contributed by atoms with Gasteiger partial charge in [-0.25, -0.2) is 18.2 Å². The van der Waals surface area contributed by atoms with E-state index in [2.05, 4.69) is 9.72 Å². The number of aryl methyl sites for hydroxylation is 1. The van der Waals surface area contributed by atoms with Gasteiger partial charge in [-0.05, 0) is 18.2 Å². The number of rotatable bonds is 5. The minimum Gasteiger partial charge on any atom is -0.507 e. The van der Waals surface area contributed by atoms with Crippen molar-refractivity contribution >= 4 is 15.8 Å². The smallest absolute Gasteiger partial charge is 0.341 e. The number of nitrogens with zero attached hydrogens (tertiary/aromatic N) is 2. The van der Waals surface area contributed by atoms with Crippen LogP contribution in [0.5, 0.6) is 5.75 Å². The van der Waals surface area contributed by atoms with Gasteiger partial charge in [-0.1, -0.05) is 0 Å². The number of phenols is 1. The van der Waals surface area contributed by atoms with Crippen molar-refractivity contribution in [2.75, 3.05) is 19.1 Å². The summed E-state index contributed by atoms with van der Waals surface area (Å²) in [5.41, 5.74) is 0.606. The molecule has 0 aliphatic carbocycles. The lowest BCUT2D eigenvalue weighted by atomic mass is 10.1. The Morgan fingerprint density at radius 2 is 2.14 bits per heavy atom. The molecule has 0 amide bonds. The maximum absolute atomic E-state index is 11.6. The molecule has 0 atom stereocenters. The van der Waals surface area contributed by atoms with Gasteiger partial charge in [0.15, 0.2) is 0 Å². The summed E-state index contributed by atoms with van der Waals surface area (Å²) in [7, 11) is -1.87. The van der Waals surface area contributed by atoms with Crippen molar-refractivity contribution in [3.63, 3.8) is 0 Å². The van der Waals surface area contributed by atoms with Crippen LogP contribution in [0.4, 0.5) is 0 Å². The summed E-state index contributed by atoms with van der Waals surface area (Å²) in [6.45, 7) is 0.253. The van der Waals surface area contributed by atoms with E-state index in [9.17, 15) is 18.3 Å². The van der Waals surface area contributed by atoms with Gasteiger partial charge in [0.25, 0.3) is 0 Å². The van der Waals surface area contributed by atoms with Crippen LogP contribution < -0.4 is 0 Å². The third kappa shape index (κ3) is 3.64. The highest BCUT2D eigenvalue weighted by atomic mass is 32.2. The average Bonchev–Trinajstić information content (AvgIpc) is 2.92. The number of carbonyl (C=O) groups is 1. The third-order valence-electron chi connectivity index (χ3n) is 3.08. The minimum atomic E-state index is -3.09. The second-order valence-corrected chi connectivity index (χ2v) is 7.06. The van der Waals surface area contributed by atoms with Crippen molar-refractivity contribution in [3.8, 4) is 17.1 Å². The van der Waals surface area contributed by atoms with Gasteiger partial charge in [0.1, 0.15) is 27.0 Å². The summed E-state index contributed by atoms with van der Waals surface area (Å²) >= 11 is 0. The van der Waals surface area contributed by atoms with E-state index >= 15 is 0 Å². The molecular weight excluding hydrogens is 308 g/mol. The first-order valence-electron chi connectivity index (χ1n) is 6.42. The van der Waals surface area contributed by atoms with Gasteiger partial charge >= 0.3 is 5.97 Å². The van der Waals surface area contributed by atoms with Crippen molar-refractivity contribution < 1.29 is 23.1 Å². The van der Waals surface area contributed by atoms with Crippen LogP contribution in [0.25, 0.3) is 11.4 Å². The highest BCUT2D eigenvalue weighted by Gasteiger charge is 2.15. The lowest BCUT2D eigenvalue weighted by Gasteiger charge is -2.09. The molecule has 1 aromatic carbocycles. The van der Waals surface area contributed by atoms with E-state index in [1.165, 1.54) is 25.5 Å². The molecule has 0 aliphatic heterocycles. The Balaban J connectivity index is 2.37. The zero-order chi connectivity index (χ0) is 16.3. The Bertz CT molecular complexity index is 795. The summed E-state index contributed by atoms with van der Waals surface area (Å²) < 4.78 is 28.8. The van der Waals surface area contributed by atoms with Gasteiger partial charge in [-0.3, -0.25) is 0 Å². The van der Waals surface area contributed by atoms with E-state index in [4.69, 9.17) is 0 Å². The minimum absolute atomic E-state index is 0.0156. The topological polar surface area (TPSA) is 98.5 Å². The lowest BCUT2D eigenvalue weighted by Crippen LogP contribution is -2.11. The van der Waals surface area contributed by atoms with Crippen LogP contribution in [-0.4, -0.2) is 48.2 Å². The van der Waals surface area contributed by atoms with Crippen molar-refractivity contribution in [1.29, 1.82) is 0 Å². The molecule has 0 aliphatic rings. The van der Waals surface area contributed by atoms with E-state index in [1.807, 2.05) is 0 Å². The number of sulfone groups is 1. The molecule has 2 rings (SSSR count). The maximum atomic E-state index is 11.6. The van der Waals surface area contributed by atoms with Crippen LogP contribution >= 0.6 is 0 Å². The first-order chi connectivity index (χ1) is 10.3. The predicted octanol–water partition coefficient (Wildman–Crippen LogP) is 1.09. The average molecular weight is 324 g/mol. The van der Waals surface area contributed by atoms with Crippen LogP contribution in [0, 0.1) is 0 Å². The Morgan fingerprint density at radius 1 is 1.41 bits per heavy atom.